The van der Waals surface area contributed by atoms with E-state index in [0.717, 1.165) is 24.2 Å². The highest BCUT2D eigenvalue weighted by atomic mass is 32.2. The van der Waals surface area contributed by atoms with Crippen molar-refractivity contribution in [3.8, 4) is 0 Å². The lowest BCUT2D eigenvalue weighted by Crippen LogP contribution is -2.47. The summed E-state index contributed by atoms with van der Waals surface area (Å²) in [4.78, 5) is 13.7. The molecule has 0 aromatic heterocycles. The fraction of sp³-hybridized carbons (Fsp3) is 0.632. The van der Waals surface area contributed by atoms with Gasteiger partial charge in [-0.15, -0.1) is 11.8 Å². The van der Waals surface area contributed by atoms with Crippen molar-refractivity contribution in [1.29, 1.82) is 0 Å². The van der Waals surface area contributed by atoms with Gasteiger partial charge in [0.25, 0.3) is 0 Å². The first-order chi connectivity index (χ1) is 10.8. The molecule has 0 saturated heterocycles. The van der Waals surface area contributed by atoms with E-state index in [1.807, 2.05) is 51.1 Å². The number of aliphatic hydroxyl groups excluding tert-OH is 1. The minimum absolute atomic E-state index is 0.0510. The van der Waals surface area contributed by atoms with Gasteiger partial charge in [-0.2, -0.15) is 0 Å². The molecule has 2 atom stereocenters. The summed E-state index contributed by atoms with van der Waals surface area (Å²) in [5.74, 6) is 0.167. The third-order valence-corrected chi connectivity index (χ3v) is 4.71. The van der Waals surface area contributed by atoms with Gasteiger partial charge in [0.05, 0.1) is 12.0 Å². The summed E-state index contributed by atoms with van der Waals surface area (Å²) in [6.45, 7) is 8.04. The van der Waals surface area contributed by atoms with Crippen LogP contribution in [0.25, 0.3) is 0 Å². The number of rotatable bonds is 9. The van der Waals surface area contributed by atoms with Crippen molar-refractivity contribution < 1.29 is 9.90 Å². The van der Waals surface area contributed by atoms with Gasteiger partial charge >= 0.3 is 0 Å². The van der Waals surface area contributed by atoms with Crippen molar-refractivity contribution in [1.82, 2.24) is 5.32 Å². The zero-order valence-electron chi connectivity index (χ0n) is 14.8. The van der Waals surface area contributed by atoms with Gasteiger partial charge in [-0.1, -0.05) is 44.4 Å². The lowest BCUT2D eigenvalue weighted by atomic mass is 9.96. The van der Waals surface area contributed by atoms with Crippen molar-refractivity contribution >= 4 is 17.7 Å². The van der Waals surface area contributed by atoms with Crippen LogP contribution >= 0.6 is 11.8 Å². The third kappa shape index (κ3) is 8.42. The van der Waals surface area contributed by atoms with E-state index in [1.165, 1.54) is 0 Å². The Labute approximate surface area is 145 Å². The Morgan fingerprint density at radius 1 is 1.22 bits per heavy atom. The Hall–Kier alpha value is -1.00. The topological polar surface area (TPSA) is 49.3 Å². The molecule has 0 aliphatic rings. The quantitative estimate of drug-likeness (QED) is 0.523. The molecule has 130 valence electrons. The summed E-state index contributed by atoms with van der Waals surface area (Å²) >= 11 is 1.63. The van der Waals surface area contributed by atoms with Gasteiger partial charge in [-0.3, -0.25) is 4.79 Å². The lowest BCUT2D eigenvalue weighted by molar-refractivity contribution is -0.129. The molecule has 1 amide bonds. The average Bonchev–Trinajstić information content (AvgIpc) is 2.47. The van der Waals surface area contributed by atoms with Gasteiger partial charge < -0.3 is 10.4 Å². The zero-order chi connectivity index (χ0) is 17.3. The number of thioether (sulfide) groups is 1. The molecule has 1 rings (SSSR count). The number of hydrogen-bond donors (Lipinski definition) is 2. The monoisotopic (exact) mass is 337 g/mol. The zero-order valence-corrected chi connectivity index (χ0v) is 15.7. The molecule has 23 heavy (non-hydrogen) atoms. The second-order valence-electron chi connectivity index (χ2n) is 7.03. The second-order valence-corrected chi connectivity index (χ2v) is 8.13. The van der Waals surface area contributed by atoms with Crippen molar-refractivity contribution in [2.45, 2.75) is 69.9 Å². The Morgan fingerprint density at radius 2 is 1.87 bits per heavy atom. The van der Waals surface area contributed by atoms with Crippen LogP contribution in [0.15, 0.2) is 35.2 Å². The van der Waals surface area contributed by atoms with Crippen LogP contribution in [0, 0.1) is 5.92 Å². The van der Waals surface area contributed by atoms with Gasteiger partial charge in [-0.05, 0) is 39.3 Å². The molecule has 0 bridgehead atoms. The first kappa shape index (κ1) is 20.0. The van der Waals surface area contributed by atoms with Crippen LogP contribution in [0.2, 0.25) is 0 Å². The molecule has 0 spiro atoms. The number of hydrogen-bond acceptors (Lipinski definition) is 3. The average molecular weight is 338 g/mol. The van der Waals surface area contributed by atoms with E-state index in [1.54, 1.807) is 11.8 Å². The highest BCUT2D eigenvalue weighted by Crippen LogP contribution is 2.24. The van der Waals surface area contributed by atoms with Crippen LogP contribution in [0.4, 0.5) is 0 Å². The summed E-state index contributed by atoms with van der Waals surface area (Å²) < 4.78 is 0. The van der Waals surface area contributed by atoms with Crippen molar-refractivity contribution in [3.63, 3.8) is 0 Å². The normalized spacial score (nSPS) is 14.3. The van der Waals surface area contributed by atoms with Gasteiger partial charge in [0.15, 0.2) is 0 Å². The molecule has 2 N–H and O–H groups in total. The van der Waals surface area contributed by atoms with Crippen LogP contribution in [0.3, 0.4) is 0 Å². The number of unbranched alkanes of at least 4 members (excludes halogenated alkanes) is 2. The molecule has 3 nitrogen and oxygen atoms in total. The van der Waals surface area contributed by atoms with E-state index in [0.29, 0.717) is 12.2 Å². The Kier molecular flexibility index (Phi) is 8.71. The highest BCUT2D eigenvalue weighted by molar-refractivity contribution is 7.99. The molecule has 4 heteroatoms. The standard InChI is InChI=1S/C19H31NO2S/c1-5-6-8-13-17(21)16(18(22)20-19(2,3)4)14-23-15-11-9-7-10-12-15/h7,9-12,16-17,21H,5-6,8,13-14H2,1-4H3,(H,20,22)/t16-,17+/m0/s1. The molecule has 0 unspecified atom stereocenters. The van der Waals surface area contributed by atoms with E-state index in [4.69, 9.17) is 0 Å². The third-order valence-electron chi connectivity index (χ3n) is 3.58. The lowest BCUT2D eigenvalue weighted by Gasteiger charge is -2.27. The van der Waals surface area contributed by atoms with Crippen LogP contribution in [0.5, 0.6) is 0 Å². The Morgan fingerprint density at radius 3 is 2.43 bits per heavy atom. The molecule has 0 fully saturated rings. The molecule has 1 aromatic carbocycles. The molecule has 0 aliphatic carbocycles. The summed E-state index contributed by atoms with van der Waals surface area (Å²) in [7, 11) is 0. The summed E-state index contributed by atoms with van der Waals surface area (Å²) in [6.07, 6.45) is 3.28. The van der Waals surface area contributed by atoms with Gasteiger partial charge in [0, 0.05) is 16.2 Å². The van der Waals surface area contributed by atoms with Gasteiger partial charge in [0.1, 0.15) is 0 Å². The minimum atomic E-state index is -0.583. The van der Waals surface area contributed by atoms with E-state index in [9.17, 15) is 9.90 Å². The van der Waals surface area contributed by atoms with Crippen molar-refractivity contribution in [3.05, 3.63) is 30.3 Å². The first-order valence-electron chi connectivity index (χ1n) is 8.51. The molecular weight excluding hydrogens is 306 g/mol. The molecule has 0 heterocycles. The predicted molar refractivity (Wildman–Crippen MR) is 98.7 cm³/mol. The number of nitrogens with one attached hydrogen (secondary N) is 1. The van der Waals surface area contributed by atoms with Crippen molar-refractivity contribution in [2.75, 3.05) is 5.75 Å². The summed E-state index contributed by atoms with van der Waals surface area (Å²) in [6, 6.07) is 10.0. The smallest absolute Gasteiger partial charge is 0.226 e. The van der Waals surface area contributed by atoms with E-state index >= 15 is 0 Å². The van der Waals surface area contributed by atoms with Crippen molar-refractivity contribution in [2.24, 2.45) is 5.92 Å². The number of benzene rings is 1. The molecule has 0 radical (unpaired) electrons. The summed E-state index contributed by atoms with van der Waals surface area (Å²) in [5.41, 5.74) is -0.282. The molecule has 0 aliphatic heterocycles. The van der Waals surface area contributed by atoms with E-state index in [2.05, 4.69) is 12.2 Å². The largest absolute Gasteiger partial charge is 0.392 e. The summed E-state index contributed by atoms with van der Waals surface area (Å²) in [5, 5.41) is 13.5. The maximum atomic E-state index is 12.6. The van der Waals surface area contributed by atoms with Crippen LogP contribution in [-0.4, -0.2) is 28.4 Å². The number of carbonyl (C=O) groups excluding carboxylic acids is 1. The SMILES string of the molecule is CCCCC[C@@H](O)[C@H](CSc1ccccc1)C(=O)NC(C)(C)C. The Bertz CT molecular complexity index is 456. The van der Waals surface area contributed by atoms with Crippen LogP contribution in [0.1, 0.15) is 53.4 Å². The van der Waals surface area contributed by atoms with Crippen LogP contribution < -0.4 is 5.32 Å². The Balaban J connectivity index is 2.68. The van der Waals surface area contributed by atoms with Gasteiger partial charge in [-0.25, -0.2) is 0 Å². The number of aliphatic hydroxyl groups is 1. The fourth-order valence-corrected chi connectivity index (χ4v) is 3.43. The predicted octanol–water partition coefficient (Wildman–Crippen LogP) is 4.25. The molecule has 0 saturated carbocycles. The minimum Gasteiger partial charge on any atom is -0.392 e. The maximum absolute atomic E-state index is 12.6. The fourth-order valence-electron chi connectivity index (χ4n) is 2.33. The number of amides is 1. The molecule has 1 aromatic rings. The highest BCUT2D eigenvalue weighted by Gasteiger charge is 2.29. The molecular formula is C19H31NO2S. The maximum Gasteiger partial charge on any atom is 0.226 e. The second kappa shape index (κ2) is 9.99. The first-order valence-corrected chi connectivity index (χ1v) is 9.50. The van der Waals surface area contributed by atoms with Gasteiger partial charge in [0.2, 0.25) is 5.91 Å². The number of carbonyl (C=O) groups is 1. The van der Waals surface area contributed by atoms with Crippen LogP contribution in [-0.2, 0) is 4.79 Å². The van der Waals surface area contributed by atoms with E-state index in [-0.39, 0.29) is 17.4 Å². The van der Waals surface area contributed by atoms with E-state index < -0.39 is 6.10 Å².